The first kappa shape index (κ1) is 22.2. The van der Waals surface area contributed by atoms with Crippen molar-refractivity contribution in [2.75, 3.05) is 0 Å². The van der Waals surface area contributed by atoms with Gasteiger partial charge in [0, 0.05) is 12.4 Å². The molecule has 3 aromatic rings. The molecule has 1 fully saturated rings. The molecule has 0 saturated carbocycles. The van der Waals surface area contributed by atoms with Crippen LogP contribution in [0.2, 0.25) is 0 Å². The van der Waals surface area contributed by atoms with Gasteiger partial charge in [-0.25, -0.2) is 9.38 Å². The molecule has 1 amide bonds. The van der Waals surface area contributed by atoms with Gasteiger partial charge in [0.1, 0.15) is 5.82 Å². The number of nitrogens with zero attached hydrogens (tertiary/aromatic N) is 1. The van der Waals surface area contributed by atoms with Gasteiger partial charge in [-0.3, -0.25) is 4.79 Å². The Bertz CT molecular complexity index is 1190. The zero-order chi connectivity index (χ0) is 20.4. The van der Waals surface area contributed by atoms with Crippen LogP contribution in [0, 0.1) is 5.82 Å². The Balaban J connectivity index is 0.00000256. The molecule has 8 heteroatoms. The fourth-order valence-electron chi connectivity index (χ4n) is 2.93. The summed E-state index contributed by atoms with van der Waals surface area (Å²) in [6.45, 7) is 0. The van der Waals surface area contributed by atoms with Crippen molar-refractivity contribution in [2.24, 2.45) is 4.99 Å². The third-order valence-electron chi connectivity index (χ3n) is 4.29. The van der Waals surface area contributed by atoms with Gasteiger partial charge >= 0.3 is 29.6 Å². The predicted molar refractivity (Wildman–Crippen MR) is 110 cm³/mol. The third-order valence-corrected chi connectivity index (χ3v) is 5.20. The average molecular weight is 428 g/mol. The molecule has 0 atom stereocenters. The Morgan fingerprint density at radius 3 is 2.50 bits per heavy atom. The number of benzene rings is 3. The maximum Gasteiger partial charge on any atom is 1.00 e. The van der Waals surface area contributed by atoms with E-state index in [9.17, 15) is 19.1 Å². The van der Waals surface area contributed by atoms with Crippen LogP contribution < -0.4 is 40.0 Å². The van der Waals surface area contributed by atoms with Crippen molar-refractivity contribution in [2.45, 2.75) is 6.42 Å². The second-order valence-electron chi connectivity index (χ2n) is 6.45. The number of carbonyl (C=O) groups is 2. The molecule has 3 aromatic carbocycles. The summed E-state index contributed by atoms with van der Waals surface area (Å²) < 4.78 is 13.3. The van der Waals surface area contributed by atoms with Crippen LogP contribution in [0.15, 0.2) is 70.6 Å². The molecule has 1 N–H and O–H groups in total. The zero-order valence-corrected chi connectivity index (χ0v) is 18.8. The van der Waals surface area contributed by atoms with E-state index in [0.29, 0.717) is 21.3 Å². The molecule has 0 unspecified atom stereocenters. The maximum absolute atomic E-state index is 13.3. The van der Waals surface area contributed by atoms with E-state index in [4.69, 9.17) is 0 Å². The van der Waals surface area contributed by atoms with Gasteiger partial charge in [0.2, 0.25) is 0 Å². The minimum atomic E-state index is -1.14. The van der Waals surface area contributed by atoms with Gasteiger partial charge in [0.25, 0.3) is 5.91 Å². The predicted octanol–water partition coefficient (Wildman–Crippen LogP) is 0.167. The molecule has 0 radical (unpaired) electrons. The molecular weight excluding hydrogens is 414 g/mol. The van der Waals surface area contributed by atoms with Crippen LogP contribution in [0.4, 0.5) is 10.1 Å². The molecule has 0 bridgehead atoms. The van der Waals surface area contributed by atoms with E-state index in [0.717, 1.165) is 16.3 Å². The van der Waals surface area contributed by atoms with Gasteiger partial charge in [0.15, 0.2) is 5.17 Å². The Labute approximate surface area is 198 Å². The Hall–Kier alpha value is -2.45. The number of halogens is 1. The monoisotopic (exact) mass is 428 g/mol. The first-order valence-corrected chi connectivity index (χ1v) is 9.56. The van der Waals surface area contributed by atoms with Crippen molar-refractivity contribution < 1.29 is 48.6 Å². The Kier molecular flexibility index (Phi) is 7.10. The molecule has 4 rings (SSSR count). The van der Waals surface area contributed by atoms with Crippen molar-refractivity contribution >= 4 is 51.3 Å². The van der Waals surface area contributed by atoms with Crippen molar-refractivity contribution in [3.8, 4) is 0 Å². The summed E-state index contributed by atoms with van der Waals surface area (Å²) in [5.41, 5.74) is 2.05. The average Bonchev–Trinajstić information content (AvgIpc) is 3.02. The number of carbonyl (C=O) groups excluding carboxylic acids is 2. The molecule has 0 spiro atoms. The number of rotatable bonds is 4. The van der Waals surface area contributed by atoms with Crippen LogP contribution in [0.1, 0.15) is 11.1 Å². The number of carboxylic acids is 1. The van der Waals surface area contributed by atoms with E-state index in [1.54, 1.807) is 36.4 Å². The fourth-order valence-corrected chi connectivity index (χ4v) is 3.77. The maximum atomic E-state index is 13.3. The van der Waals surface area contributed by atoms with Crippen molar-refractivity contribution in [3.63, 3.8) is 0 Å². The number of aliphatic carboxylic acids is 1. The summed E-state index contributed by atoms with van der Waals surface area (Å²) >= 11 is 1.22. The van der Waals surface area contributed by atoms with Gasteiger partial charge < -0.3 is 15.2 Å². The summed E-state index contributed by atoms with van der Waals surface area (Å²) in [6.07, 6.45) is 1.60. The minimum absolute atomic E-state index is 0. The second kappa shape index (κ2) is 9.57. The Morgan fingerprint density at radius 1 is 1.07 bits per heavy atom. The van der Waals surface area contributed by atoms with Gasteiger partial charge in [-0.2, -0.15) is 0 Å². The number of thioether (sulfide) groups is 1. The molecule has 5 nitrogen and oxygen atoms in total. The van der Waals surface area contributed by atoms with Gasteiger partial charge in [-0.05, 0) is 70.1 Å². The van der Waals surface area contributed by atoms with Crippen molar-refractivity contribution in [1.29, 1.82) is 0 Å². The largest absolute Gasteiger partial charge is 1.00 e. The molecule has 1 aliphatic rings. The molecule has 144 valence electrons. The minimum Gasteiger partial charge on any atom is -0.550 e. The van der Waals surface area contributed by atoms with Gasteiger partial charge in [-0.15, -0.1) is 0 Å². The standard InChI is InChI=1S/C22H15FN2O3S.Na/c23-17-6-5-15-9-14(1-4-16(15)12-17)10-19-21(28)25-22(29-19)24-18-7-2-13(3-8-18)11-20(26)27;/h1-10,12H,11H2,(H,26,27)(H,24,25,28);/q;+1/p-1. The topological polar surface area (TPSA) is 81.6 Å². The molecular formula is C22H14FN2NaO3S. The summed E-state index contributed by atoms with van der Waals surface area (Å²) in [6, 6.07) is 16.8. The molecule has 0 aliphatic carbocycles. The third kappa shape index (κ3) is 5.37. The van der Waals surface area contributed by atoms with E-state index in [-0.39, 0.29) is 47.7 Å². The number of amides is 1. The number of hydrogen-bond acceptors (Lipinski definition) is 5. The molecule has 1 heterocycles. The van der Waals surface area contributed by atoms with Gasteiger partial charge in [0.05, 0.1) is 10.6 Å². The molecule has 0 aromatic heterocycles. The number of nitrogens with one attached hydrogen (secondary N) is 1. The number of aliphatic imine (C=N–C) groups is 1. The van der Waals surface area contributed by atoms with E-state index in [1.807, 2.05) is 18.2 Å². The molecule has 1 saturated heterocycles. The normalized spacial score (nSPS) is 16.0. The first-order valence-electron chi connectivity index (χ1n) is 8.74. The van der Waals surface area contributed by atoms with Crippen molar-refractivity contribution in [1.82, 2.24) is 5.32 Å². The zero-order valence-electron chi connectivity index (χ0n) is 16.0. The van der Waals surface area contributed by atoms with Crippen LogP contribution in [0.25, 0.3) is 16.8 Å². The Morgan fingerprint density at radius 2 is 1.77 bits per heavy atom. The quantitative estimate of drug-likeness (QED) is 0.475. The van der Waals surface area contributed by atoms with E-state index in [2.05, 4.69) is 10.3 Å². The number of carboxylic acid groups (broad SMARTS) is 1. The molecule has 1 aliphatic heterocycles. The second-order valence-corrected chi connectivity index (χ2v) is 7.48. The van der Waals surface area contributed by atoms with Crippen molar-refractivity contribution in [3.05, 3.63) is 82.5 Å². The van der Waals surface area contributed by atoms with Crippen LogP contribution >= 0.6 is 11.8 Å². The summed E-state index contributed by atoms with van der Waals surface area (Å²) in [5.74, 6) is -1.68. The van der Waals surface area contributed by atoms with Gasteiger partial charge in [-0.1, -0.05) is 30.3 Å². The van der Waals surface area contributed by atoms with E-state index < -0.39 is 5.97 Å². The number of amidine groups is 1. The fraction of sp³-hybridized carbons (Fsp3) is 0.0455. The smallest absolute Gasteiger partial charge is 0.550 e. The summed E-state index contributed by atoms with van der Waals surface area (Å²) in [4.78, 5) is 27.8. The molecule has 30 heavy (non-hydrogen) atoms. The van der Waals surface area contributed by atoms with Crippen LogP contribution in [0.3, 0.4) is 0 Å². The van der Waals surface area contributed by atoms with Crippen LogP contribution in [-0.4, -0.2) is 17.0 Å². The summed E-state index contributed by atoms with van der Waals surface area (Å²) in [7, 11) is 0. The van der Waals surface area contributed by atoms with E-state index in [1.165, 1.54) is 23.9 Å². The van der Waals surface area contributed by atoms with E-state index >= 15 is 0 Å². The number of fused-ring (bicyclic) bond motifs is 1. The number of hydrogen-bond donors (Lipinski definition) is 1. The SMILES string of the molecule is O=C([O-])Cc1ccc(N=C2NC(=O)C(=Cc3ccc4cc(F)ccc4c3)S2)cc1.[Na+]. The van der Waals surface area contributed by atoms with Crippen LogP contribution in [-0.2, 0) is 16.0 Å². The first-order chi connectivity index (χ1) is 14.0. The summed E-state index contributed by atoms with van der Waals surface area (Å²) in [5, 5.41) is 15.5. The van der Waals surface area contributed by atoms with Crippen LogP contribution in [0.5, 0.6) is 0 Å².